The summed E-state index contributed by atoms with van der Waals surface area (Å²) < 4.78 is 5.45. The Morgan fingerprint density at radius 1 is 0.904 bits per heavy atom. The van der Waals surface area contributed by atoms with Gasteiger partial charge in [-0.3, -0.25) is 9.78 Å². The highest BCUT2D eigenvalue weighted by atomic mass is 32.1. The number of nitrogens with zero attached hydrogens (tertiary/aromatic N) is 4. The van der Waals surface area contributed by atoms with E-state index in [1.807, 2.05) is 79.9 Å². The lowest BCUT2D eigenvalue weighted by molar-refractivity contribution is -0.125. The van der Waals surface area contributed by atoms with Crippen LogP contribution in [-0.2, 0) is 40.4 Å². The Morgan fingerprint density at radius 2 is 1.58 bits per heavy atom. The van der Waals surface area contributed by atoms with Crippen LogP contribution in [-0.4, -0.2) is 64.2 Å². The lowest BCUT2D eigenvalue weighted by Crippen LogP contribution is -2.56. The van der Waals surface area contributed by atoms with E-state index in [0.717, 1.165) is 26.7 Å². The number of urea groups is 1. The predicted molar refractivity (Wildman–Crippen MR) is 202 cm³/mol. The first-order valence-electron chi connectivity index (χ1n) is 17.2. The summed E-state index contributed by atoms with van der Waals surface area (Å²) in [5.74, 6) is -0.371. The van der Waals surface area contributed by atoms with Crippen LogP contribution in [0.5, 0.6) is 0 Å². The monoisotopic (exact) mass is 749 g/mol. The Bertz CT molecular complexity index is 1690. The van der Waals surface area contributed by atoms with Crippen LogP contribution >= 0.6 is 22.7 Å². The van der Waals surface area contributed by atoms with E-state index in [1.165, 1.54) is 16.2 Å². The van der Waals surface area contributed by atoms with Gasteiger partial charge in [-0.1, -0.05) is 88.4 Å². The lowest BCUT2D eigenvalue weighted by atomic mass is 9.93. The number of amides is 4. The van der Waals surface area contributed by atoms with Crippen LogP contribution in [0.1, 0.15) is 66.7 Å². The molecule has 0 aliphatic rings. The Balaban J connectivity index is 1.52. The Morgan fingerprint density at radius 3 is 2.15 bits per heavy atom. The van der Waals surface area contributed by atoms with E-state index in [0.29, 0.717) is 6.42 Å². The maximum absolute atomic E-state index is 14.0. The summed E-state index contributed by atoms with van der Waals surface area (Å²) in [4.78, 5) is 68.3. The normalized spacial score (nSPS) is 13.4. The van der Waals surface area contributed by atoms with E-state index in [-0.39, 0.29) is 37.8 Å². The molecule has 4 aromatic rings. The molecule has 4 rings (SSSR count). The van der Waals surface area contributed by atoms with Gasteiger partial charge in [0.2, 0.25) is 5.91 Å². The van der Waals surface area contributed by atoms with Crippen LogP contribution in [0.4, 0.5) is 9.59 Å². The van der Waals surface area contributed by atoms with E-state index >= 15 is 0 Å². The summed E-state index contributed by atoms with van der Waals surface area (Å²) in [5, 5.41) is 14.6. The van der Waals surface area contributed by atoms with E-state index in [1.54, 1.807) is 30.1 Å². The predicted octanol–water partition coefficient (Wildman–Crippen LogP) is 6.61. The minimum absolute atomic E-state index is 0.0267. The topological polar surface area (TPSA) is 164 Å². The third kappa shape index (κ3) is 12.7. The summed E-state index contributed by atoms with van der Waals surface area (Å²) in [6, 6.07) is 16.3. The highest BCUT2D eigenvalue weighted by molar-refractivity contribution is 7.09. The molecule has 0 spiro atoms. The Hall–Kier alpha value is -4.89. The number of rotatable bonds is 19. The van der Waals surface area contributed by atoms with Crippen LogP contribution in [0, 0.1) is 10.8 Å². The summed E-state index contributed by atoms with van der Waals surface area (Å²) >= 11 is 2.91. The van der Waals surface area contributed by atoms with Crippen molar-refractivity contribution in [2.24, 2.45) is 11.3 Å². The van der Waals surface area contributed by atoms with Crippen LogP contribution in [0.3, 0.4) is 0 Å². The fourth-order valence-electron chi connectivity index (χ4n) is 5.54. The van der Waals surface area contributed by atoms with Crippen molar-refractivity contribution < 1.29 is 24.0 Å². The molecule has 0 aliphatic heterocycles. The molecule has 0 radical (unpaired) electrons. The van der Waals surface area contributed by atoms with Gasteiger partial charge in [-0.15, -0.1) is 27.6 Å². The molecule has 13 nitrogen and oxygen atoms in total. The molecular weight excluding hydrogens is 703 g/mol. The first-order chi connectivity index (χ1) is 25.0. The third-order valence-corrected chi connectivity index (χ3v) is 10.2. The van der Waals surface area contributed by atoms with Crippen molar-refractivity contribution in [1.82, 2.24) is 30.8 Å². The smallest absolute Gasteiger partial charge is 0.407 e. The Labute approximate surface area is 312 Å². The van der Waals surface area contributed by atoms with Crippen LogP contribution < -0.4 is 16.0 Å². The second kappa shape index (κ2) is 20.2. The maximum Gasteiger partial charge on any atom is 0.407 e. The van der Waals surface area contributed by atoms with Gasteiger partial charge in [0.15, 0.2) is 11.4 Å². The highest BCUT2D eigenvalue weighted by Crippen LogP contribution is 2.21. The van der Waals surface area contributed by atoms with Crippen molar-refractivity contribution in [3.05, 3.63) is 109 Å². The lowest BCUT2D eigenvalue weighted by Gasteiger charge is -2.31. The summed E-state index contributed by atoms with van der Waals surface area (Å²) in [6.07, 6.45) is 0.709. The van der Waals surface area contributed by atoms with Crippen LogP contribution in [0.2, 0.25) is 0 Å². The van der Waals surface area contributed by atoms with Gasteiger partial charge >= 0.3 is 12.1 Å². The molecule has 3 N–H and O–H groups in total. The number of ether oxygens (including phenoxy) is 1. The Kier molecular flexibility index (Phi) is 15.5. The molecule has 2 aromatic heterocycles. The van der Waals surface area contributed by atoms with Crippen molar-refractivity contribution in [3.8, 4) is 0 Å². The van der Waals surface area contributed by atoms with Gasteiger partial charge in [0, 0.05) is 37.0 Å². The molecular formula is C37H47N7O6S2. The zero-order chi connectivity index (χ0) is 37.5. The number of benzene rings is 2. The number of carbonyl (C=O) groups is 3. The highest BCUT2D eigenvalue weighted by Gasteiger charge is 2.33. The fourth-order valence-corrected chi connectivity index (χ4v) is 6.87. The van der Waals surface area contributed by atoms with Crippen LogP contribution in [0.25, 0.3) is 0 Å². The van der Waals surface area contributed by atoms with Gasteiger partial charge in [-0.2, -0.15) is 0 Å². The molecule has 2 aromatic carbocycles. The number of nitrogens with one attached hydrogen (secondary N) is 3. The van der Waals surface area contributed by atoms with E-state index < -0.39 is 42.3 Å². The molecule has 0 aliphatic carbocycles. The number of hydrogen-bond donors (Lipinski definition) is 3. The van der Waals surface area contributed by atoms with Crippen LogP contribution in [0.15, 0.2) is 83.1 Å². The van der Waals surface area contributed by atoms with E-state index in [2.05, 4.69) is 45.1 Å². The second-order valence-corrected chi connectivity index (χ2v) is 15.1. The van der Waals surface area contributed by atoms with Gasteiger partial charge in [-0.05, 0) is 29.9 Å². The van der Waals surface area contributed by atoms with Gasteiger partial charge in [0.1, 0.15) is 12.6 Å². The largest absolute Gasteiger partial charge is 0.444 e. The minimum Gasteiger partial charge on any atom is -0.444 e. The van der Waals surface area contributed by atoms with Crippen molar-refractivity contribution in [2.45, 2.75) is 90.3 Å². The average molecular weight is 750 g/mol. The minimum atomic E-state index is -0.963. The molecule has 0 saturated heterocycles. The number of thiazole rings is 2. The summed E-state index contributed by atoms with van der Waals surface area (Å²) in [5.41, 5.74) is 4.23. The molecule has 2 heterocycles. The maximum atomic E-state index is 14.0. The van der Waals surface area contributed by atoms with Gasteiger partial charge in [0.05, 0.1) is 33.7 Å². The first-order valence-corrected chi connectivity index (χ1v) is 18.9. The molecule has 52 heavy (non-hydrogen) atoms. The quantitative estimate of drug-likeness (QED) is 0.0712. The zero-order valence-corrected chi connectivity index (χ0v) is 31.7. The number of alkyl carbamates (subject to hydrolysis) is 1. The first kappa shape index (κ1) is 39.9. The van der Waals surface area contributed by atoms with Crippen molar-refractivity contribution in [3.63, 3.8) is 0 Å². The number of aromatic nitrogens is 2. The summed E-state index contributed by atoms with van der Waals surface area (Å²) in [7, 11) is 1.66. The average Bonchev–Trinajstić information content (AvgIpc) is 3.83. The van der Waals surface area contributed by atoms with E-state index in [4.69, 9.17) is 9.57 Å². The molecule has 0 unspecified atom stereocenters. The van der Waals surface area contributed by atoms with Crippen molar-refractivity contribution >= 4 is 40.7 Å². The second-order valence-electron chi connectivity index (χ2n) is 13.2. The number of carbonyl (C=O) groups excluding carboxylic acids is 3. The molecule has 4 amide bonds. The third-order valence-electron chi connectivity index (χ3n) is 8.28. The molecule has 4 atom stereocenters. The molecule has 0 saturated carbocycles. The van der Waals surface area contributed by atoms with Gasteiger partial charge in [-0.25, -0.2) is 14.6 Å². The SMILES string of the molecule is CC(C)c1nc(CN(C)C(=O)N[C@H](C(=O)N[C@@H](Cc2ccccc2)C[C@H](ON=O)[C@H](Cc2ccccc2)NC(=O)OCc2cncs2)C(C)C)cs1. The molecule has 15 heteroatoms. The van der Waals surface area contributed by atoms with Gasteiger partial charge in [0.25, 0.3) is 0 Å². The van der Waals surface area contributed by atoms with Gasteiger partial charge < -0.3 is 30.4 Å². The standard InChI is InChI=1S/C37H47N7O6S2/c1-24(2)33(42-36(46)44(5)20-29-22-51-35(40-29)25(3)4)34(45)39-28(16-26-12-8-6-9-13-26)18-32(50-43-48)31(17-27-14-10-7-11-15-27)41-37(47)49-21-30-19-38-23-52-30/h6-15,19,22-25,28,31-33H,16-18,20-21H2,1-5H3,(H,39,45)(H,41,47)(H,42,46)/t28-,31-,32-,33-/m0/s1. The molecule has 0 fully saturated rings. The fraction of sp³-hybridized carbons (Fsp3) is 0.432. The van der Waals surface area contributed by atoms with Crippen molar-refractivity contribution in [1.29, 1.82) is 0 Å². The molecule has 0 bridgehead atoms. The van der Waals surface area contributed by atoms with E-state index in [9.17, 15) is 19.3 Å². The molecule has 278 valence electrons. The zero-order valence-electron chi connectivity index (χ0n) is 30.1. The number of hydrogen-bond acceptors (Lipinski definition) is 11. The summed E-state index contributed by atoms with van der Waals surface area (Å²) in [6.45, 7) is 8.16. The van der Waals surface area contributed by atoms with Crippen molar-refractivity contribution in [2.75, 3.05) is 7.05 Å².